The van der Waals surface area contributed by atoms with Crippen LogP contribution in [0.15, 0.2) is 36.4 Å². The van der Waals surface area contributed by atoms with Gasteiger partial charge in [0, 0.05) is 11.0 Å². The van der Waals surface area contributed by atoms with Gasteiger partial charge in [-0.15, -0.1) is 11.3 Å². The minimum Gasteiger partial charge on any atom is -0.453 e. The number of fused-ring (bicyclic) bond motifs is 1. The first-order chi connectivity index (χ1) is 13.6. The van der Waals surface area contributed by atoms with E-state index >= 15 is 0 Å². The molecule has 28 heavy (non-hydrogen) atoms. The fourth-order valence-corrected chi connectivity index (χ4v) is 4.46. The van der Waals surface area contributed by atoms with E-state index in [9.17, 15) is 14.4 Å². The lowest BCUT2D eigenvalue weighted by atomic mass is 10.0. The maximum atomic E-state index is 12.7. The summed E-state index contributed by atoms with van der Waals surface area (Å²) < 4.78 is 4.53. The molecule has 1 aliphatic rings. The Morgan fingerprint density at radius 2 is 1.82 bits per heavy atom. The molecule has 7 heteroatoms. The molecule has 6 nitrogen and oxygen atoms in total. The van der Waals surface area contributed by atoms with E-state index in [1.807, 2.05) is 30.3 Å². The zero-order valence-electron chi connectivity index (χ0n) is 15.6. The van der Waals surface area contributed by atoms with Crippen LogP contribution < -0.4 is 10.6 Å². The van der Waals surface area contributed by atoms with Crippen LogP contribution in [0.1, 0.15) is 45.6 Å². The molecule has 0 aliphatic heterocycles. The first kappa shape index (κ1) is 19.8. The van der Waals surface area contributed by atoms with Crippen LogP contribution in [0.5, 0.6) is 0 Å². The monoisotopic (exact) mass is 398 g/mol. The van der Waals surface area contributed by atoms with Gasteiger partial charge in [-0.05, 0) is 42.9 Å². The SMILES string of the molecule is COC(=O)NC(=O)c1c(NC(=O)/C=C/c2ccccc2)sc2c1CCCCC2. The number of imide groups is 1. The Hall–Kier alpha value is -2.93. The number of thiophene rings is 1. The van der Waals surface area contributed by atoms with E-state index in [1.54, 1.807) is 6.08 Å². The number of alkyl carbamates (subject to hydrolysis) is 1. The molecule has 2 aromatic rings. The summed E-state index contributed by atoms with van der Waals surface area (Å²) in [4.78, 5) is 37.7. The number of nitrogens with one attached hydrogen (secondary N) is 2. The summed E-state index contributed by atoms with van der Waals surface area (Å²) in [5.41, 5.74) is 2.20. The second-order valence-electron chi connectivity index (χ2n) is 6.45. The molecule has 0 radical (unpaired) electrons. The van der Waals surface area contributed by atoms with Gasteiger partial charge in [-0.1, -0.05) is 36.8 Å². The van der Waals surface area contributed by atoms with Crippen molar-refractivity contribution in [2.24, 2.45) is 0 Å². The Morgan fingerprint density at radius 3 is 2.57 bits per heavy atom. The molecule has 0 fully saturated rings. The fourth-order valence-electron chi connectivity index (χ4n) is 3.17. The van der Waals surface area contributed by atoms with Crippen LogP contribution in [0.25, 0.3) is 6.08 Å². The minimum atomic E-state index is -0.820. The van der Waals surface area contributed by atoms with E-state index in [0.29, 0.717) is 10.6 Å². The van der Waals surface area contributed by atoms with Crippen LogP contribution in [-0.2, 0) is 22.4 Å². The molecule has 0 spiro atoms. The molecule has 1 aromatic carbocycles. The highest BCUT2D eigenvalue weighted by Crippen LogP contribution is 2.37. The lowest BCUT2D eigenvalue weighted by Crippen LogP contribution is -2.31. The highest BCUT2D eigenvalue weighted by Gasteiger charge is 2.26. The van der Waals surface area contributed by atoms with Crippen LogP contribution in [0.3, 0.4) is 0 Å². The second kappa shape index (κ2) is 9.32. The van der Waals surface area contributed by atoms with E-state index in [2.05, 4.69) is 15.4 Å². The van der Waals surface area contributed by atoms with Gasteiger partial charge in [0.1, 0.15) is 5.00 Å². The number of hydrogen-bond acceptors (Lipinski definition) is 5. The zero-order valence-corrected chi connectivity index (χ0v) is 16.4. The topological polar surface area (TPSA) is 84.5 Å². The molecule has 3 rings (SSSR count). The van der Waals surface area contributed by atoms with Gasteiger partial charge in [0.2, 0.25) is 5.91 Å². The summed E-state index contributed by atoms with van der Waals surface area (Å²) in [6.07, 6.45) is 7.07. The Balaban J connectivity index is 1.85. The van der Waals surface area contributed by atoms with Gasteiger partial charge < -0.3 is 10.1 Å². The van der Waals surface area contributed by atoms with Crippen LogP contribution >= 0.6 is 11.3 Å². The van der Waals surface area contributed by atoms with E-state index in [4.69, 9.17) is 0 Å². The molecule has 1 aliphatic carbocycles. The molecule has 0 saturated carbocycles. The van der Waals surface area contributed by atoms with Crippen molar-refractivity contribution in [3.63, 3.8) is 0 Å². The number of hydrogen-bond donors (Lipinski definition) is 2. The number of benzene rings is 1. The number of carbonyl (C=O) groups excluding carboxylic acids is 3. The van der Waals surface area contributed by atoms with E-state index in [0.717, 1.165) is 48.1 Å². The normalized spacial score (nSPS) is 13.5. The highest BCUT2D eigenvalue weighted by atomic mass is 32.1. The van der Waals surface area contributed by atoms with Gasteiger partial charge in [-0.25, -0.2) is 4.79 Å². The molecule has 2 N–H and O–H groups in total. The van der Waals surface area contributed by atoms with Crippen molar-refractivity contribution in [2.45, 2.75) is 32.1 Å². The number of ether oxygens (including phenoxy) is 1. The molecule has 0 saturated heterocycles. The number of methoxy groups -OCH3 is 1. The quantitative estimate of drug-likeness (QED) is 0.598. The van der Waals surface area contributed by atoms with Crippen molar-refractivity contribution in [2.75, 3.05) is 12.4 Å². The Morgan fingerprint density at radius 1 is 1.07 bits per heavy atom. The number of carbonyl (C=O) groups is 3. The molecular formula is C21H22N2O4S. The molecule has 0 bridgehead atoms. The van der Waals surface area contributed by atoms with E-state index in [-0.39, 0.29) is 5.91 Å². The fraction of sp³-hybridized carbons (Fsp3) is 0.286. The number of anilines is 1. The third kappa shape index (κ3) is 4.86. The average molecular weight is 398 g/mol. The van der Waals surface area contributed by atoms with Crippen molar-refractivity contribution >= 4 is 40.3 Å². The highest BCUT2D eigenvalue weighted by molar-refractivity contribution is 7.17. The summed E-state index contributed by atoms with van der Waals surface area (Å²) in [7, 11) is 1.20. The molecular weight excluding hydrogens is 376 g/mol. The summed E-state index contributed by atoms with van der Waals surface area (Å²) in [5.74, 6) is -0.874. The Bertz CT molecular complexity index is 903. The van der Waals surface area contributed by atoms with Gasteiger partial charge in [-0.2, -0.15) is 0 Å². The lowest BCUT2D eigenvalue weighted by molar-refractivity contribution is -0.111. The third-order valence-corrected chi connectivity index (χ3v) is 5.72. The molecule has 0 atom stereocenters. The van der Waals surface area contributed by atoms with Crippen molar-refractivity contribution in [3.8, 4) is 0 Å². The minimum absolute atomic E-state index is 0.326. The predicted octanol–water partition coefficient (Wildman–Crippen LogP) is 4.17. The van der Waals surface area contributed by atoms with Gasteiger partial charge >= 0.3 is 6.09 Å². The Labute approximate surface area is 167 Å². The standard InChI is InChI=1S/C21H22N2O4S/c1-27-21(26)23-19(25)18-15-10-6-3-7-11-16(15)28-20(18)22-17(24)13-12-14-8-4-2-5-9-14/h2,4-5,8-9,12-13H,3,6-7,10-11H2,1H3,(H,22,24)(H,23,25,26)/b13-12+. The summed E-state index contributed by atoms with van der Waals surface area (Å²) in [6, 6.07) is 9.48. The Kier molecular flexibility index (Phi) is 6.60. The van der Waals surface area contributed by atoms with Crippen molar-refractivity contribution in [1.82, 2.24) is 5.32 Å². The summed E-state index contributed by atoms with van der Waals surface area (Å²) in [5, 5.41) is 5.49. The third-order valence-electron chi connectivity index (χ3n) is 4.51. The van der Waals surface area contributed by atoms with Gasteiger partial charge in [0.05, 0.1) is 12.7 Å². The van der Waals surface area contributed by atoms with Crippen LogP contribution in [0.4, 0.5) is 9.80 Å². The number of aryl methyl sites for hydroxylation is 1. The molecule has 3 amide bonds. The first-order valence-corrected chi connectivity index (χ1v) is 9.98. The smallest absolute Gasteiger partial charge is 0.413 e. The van der Waals surface area contributed by atoms with Crippen molar-refractivity contribution in [1.29, 1.82) is 0 Å². The lowest BCUT2D eigenvalue weighted by Gasteiger charge is -2.08. The second-order valence-corrected chi connectivity index (χ2v) is 7.55. The maximum Gasteiger partial charge on any atom is 0.413 e. The van der Waals surface area contributed by atoms with Crippen molar-refractivity contribution in [3.05, 3.63) is 58.0 Å². The largest absolute Gasteiger partial charge is 0.453 e. The number of rotatable bonds is 4. The molecule has 1 heterocycles. The van der Waals surface area contributed by atoms with Gasteiger partial charge in [0.25, 0.3) is 5.91 Å². The molecule has 0 unspecified atom stereocenters. The maximum absolute atomic E-state index is 12.7. The molecule has 1 aromatic heterocycles. The van der Waals surface area contributed by atoms with Gasteiger partial charge in [-0.3, -0.25) is 14.9 Å². The zero-order chi connectivity index (χ0) is 19.9. The van der Waals surface area contributed by atoms with Gasteiger partial charge in [0.15, 0.2) is 0 Å². The molecule has 146 valence electrons. The van der Waals surface area contributed by atoms with Crippen LogP contribution in [-0.4, -0.2) is 25.0 Å². The summed E-state index contributed by atoms with van der Waals surface area (Å²) in [6.45, 7) is 0. The predicted molar refractivity (Wildman–Crippen MR) is 110 cm³/mol. The number of amides is 3. The van der Waals surface area contributed by atoms with E-state index < -0.39 is 12.0 Å². The van der Waals surface area contributed by atoms with E-state index in [1.165, 1.54) is 24.5 Å². The summed E-state index contributed by atoms with van der Waals surface area (Å²) >= 11 is 1.41. The van der Waals surface area contributed by atoms with Crippen LogP contribution in [0.2, 0.25) is 0 Å². The average Bonchev–Trinajstić information content (AvgIpc) is 2.87. The van der Waals surface area contributed by atoms with Crippen molar-refractivity contribution < 1.29 is 19.1 Å². The first-order valence-electron chi connectivity index (χ1n) is 9.16. The van der Waals surface area contributed by atoms with Crippen LogP contribution in [0, 0.1) is 0 Å².